The van der Waals surface area contributed by atoms with E-state index in [1.165, 1.54) is 0 Å². The maximum atomic E-state index is 13.3. The molecule has 0 bridgehead atoms. The fourth-order valence-electron chi connectivity index (χ4n) is 2.31. The minimum Gasteiger partial charge on any atom is -0.329 e. The Hall–Kier alpha value is -0.960. The molecule has 1 saturated carbocycles. The molecule has 0 saturated heterocycles. The van der Waals surface area contributed by atoms with Crippen molar-refractivity contribution in [2.45, 2.75) is 31.6 Å². The monoisotopic (exact) mass is 211 g/mol. The Kier molecular flexibility index (Phi) is 2.12. The van der Waals surface area contributed by atoms with Crippen LogP contribution in [0.4, 0.5) is 8.78 Å². The van der Waals surface area contributed by atoms with E-state index >= 15 is 0 Å². The Labute approximate surface area is 88.3 Å². The minimum atomic E-state index is -2.62. The summed E-state index contributed by atoms with van der Waals surface area (Å²) in [6.07, 6.45) is -0.111. The second-order valence-electron chi connectivity index (χ2n) is 4.49. The van der Waals surface area contributed by atoms with Gasteiger partial charge >= 0.3 is 0 Å². The average Bonchev–Trinajstić information content (AvgIpc) is 2.69. The van der Waals surface area contributed by atoms with Crippen molar-refractivity contribution >= 4 is 0 Å². The first-order chi connectivity index (χ1) is 6.93. The predicted octanol–water partition coefficient (Wildman–Crippen LogP) is 2.54. The summed E-state index contributed by atoms with van der Waals surface area (Å²) in [5.74, 6) is -2.62. The lowest BCUT2D eigenvalue weighted by molar-refractivity contribution is 0.0894. The van der Waals surface area contributed by atoms with E-state index in [1.54, 1.807) is 6.07 Å². The molecule has 1 unspecified atom stereocenters. The van der Waals surface area contributed by atoms with E-state index < -0.39 is 11.3 Å². The van der Waals surface area contributed by atoms with Crippen LogP contribution in [0.1, 0.15) is 23.1 Å². The molecule has 1 aromatic carbocycles. The van der Waals surface area contributed by atoms with Gasteiger partial charge in [-0.2, -0.15) is 0 Å². The van der Waals surface area contributed by atoms with Gasteiger partial charge in [0.1, 0.15) is 0 Å². The molecule has 0 radical (unpaired) electrons. The van der Waals surface area contributed by atoms with Crippen LogP contribution in [0.2, 0.25) is 0 Å². The standard InChI is InChI=1S/C12H15F2N/c1-8-3-4-10(9(2)5-8)11(7-15)6-12(11,13)14/h3-5H,6-7,15H2,1-2H3. The summed E-state index contributed by atoms with van der Waals surface area (Å²) in [4.78, 5) is 0. The van der Waals surface area contributed by atoms with Gasteiger partial charge < -0.3 is 5.73 Å². The summed E-state index contributed by atoms with van der Waals surface area (Å²) in [7, 11) is 0. The molecule has 1 nitrogen and oxygen atoms in total. The van der Waals surface area contributed by atoms with Gasteiger partial charge in [0, 0.05) is 13.0 Å². The van der Waals surface area contributed by atoms with Gasteiger partial charge in [0.05, 0.1) is 5.41 Å². The van der Waals surface area contributed by atoms with Crippen LogP contribution in [-0.4, -0.2) is 12.5 Å². The van der Waals surface area contributed by atoms with Gasteiger partial charge in [-0.1, -0.05) is 23.8 Å². The molecule has 1 fully saturated rings. The van der Waals surface area contributed by atoms with Gasteiger partial charge in [-0.05, 0) is 25.0 Å². The highest BCUT2D eigenvalue weighted by molar-refractivity contribution is 5.44. The summed E-state index contributed by atoms with van der Waals surface area (Å²) in [6, 6.07) is 5.59. The third-order valence-electron chi connectivity index (χ3n) is 3.34. The minimum absolute atomic E-state index is 0.0178. The molecule has 3 heteroatoms. The zero-order valence-electron chi connectivity index (χ0n) is 8.98. The van der Waals surface area contributed by atoms with E-state index in [0.29, 0.717) is 5.56 Å². The van der Waals surface area contributed by atoms with Crippen LogP contribution in [0.5, 0.6) is 0 Å². The molecule has 2 rings (SSSR count). The largest absolute Gasteiger partial charge is 0.329 e. The van der Waals surface area contributed by atoms with Crippen molar-refractivity contribution in [3.05, 3.63) is 34.9 Å². The second kappa shape index (κ2) is 3.01. The van der Waals surface area contributed by atoms with Gasteiger partial charge in [-0.3, -0.25) is 0 Å². The van der Waals surface area contributed by atoms with Gasteiger partial charge in [0.25, 0.3) is 5.92 Å². The molecule has 2 N–H and O–H groups in total. The van der Waals surface area contributed by atoms with Crippen molar-refractivity contribution in [1.29, 1.82) is 0 Å². The van der Waals surface area contributed by atoms with E-state index in [-0.39, 0.29) is 13.0 Å². The molecular formula is C12H15F2N. The maximum absolute atomic E-state index is 13.3. The first kappa shape index (κ1) is 10.6. The molecule has 1 atom stereocenters. The lowest BCUT2D eigenvalue weighted by Crippen LogP contribution is -2.27. The molecule has 1 aromatic rings. The fraction of sp³-hybridized carbons (Fsp3) is 0.500. The van der Waals surface area contributed by atoms with E-state index in [1.807, 2.05) is 26.0 Å². The molecule has 82 valence electrons. The highest BCUT2D eigenvalue weighted by Gasteiger charge is 2.71. The molecule has 0 heterocycles. The van der Waals surface area contributed by atoms with Crippen LogP contribution in [0, 0.1) is 13.8 Å². The quantitative estimate of drug-likeness (QED) is 0.799. The Balaban J connectivity index is 2.46. The Bertz CT molecular complexity index is 401. The van der Waals surface area contributed by atoms with Crippen molar-refractivity contribution < 1.29 is 8.78 Å². The third-order valence-corrected chi connectivity index (χ3v) is 3.34. The number of nitrogens with two attached hydrogens (primary N) is 1. The van der Waals surface area contributed by atoms with Crippen molar-refractivity contribution in [3.63, 3.8) is 0 Å². The van der Waals surface area contributed by atoms with Crippen LogP contribution in [0.15, 0.2) is 18.2 Å². The van der Waals surface area contributed by atoms with Crippen LogP contribution >= 0.6 is 0 Å². The number of aryl methyl sites for hydroxylation is 2. The summed E-state index contributed by atoms with van der Waals surface area (Å²) < 4.78 is 26.7. The normalized spacial score (nSPS) is 27.8. The summed E-state index contributed by atoms with van der Waals surface area (Å²) in [6.45, 7) is 3.84. The average molecular weight is 211 g/mol. The van der Waals surface area contributed by atoms with E-state index in [4.69, 9.17) is 5.73 Å². The summed E-state index contributed by atoms with van der Waals surface area (Å²) in [5.41, 5.74) is 7.12. The predicted molar refractivity (Wildman–Crippen MR) is 56.2 cm³/mol. The highest BCUT2D eigenvalue weighted by Crippen LogP contribution is 2.61. The van der Waals surface area contributed by atoms with Crippen LogP contribution in [0.3, 0.4) is 0 Å². The van der Waals surface area contributed by atoms with Gasteiger partial charge in [0.15, 0.2) is 0 Å². The molecular weight excluding hydrogens is 196 g/mol. The number of halogens is 2. The summed E-state index contributed by atoms with van der Waals surface area (Å²) in [5, 5.41) is 0. The first-order valence-electron chi connectivity index (χ1n) is 5.08. The SMILES string of the molecule is Cc1ccc(C2(CN)CC2(F)F)c(C)c1. The van der Waals surface area contributed by atoms with Crippen LogP contribution < -0.4 is 5.73 Å². The molecule has 0 amide bonds. The Morgan fingerprint density at radius 3 is 2.33 bits per heavy atom. The zero-order valence-corrected chi connectivity index (χ0v) is 8.98. The van der Waals surface area contributed by atoms with Crippen molar-refractivity contribution in [2.24, 2.45) is 5.73 Å². The van der Waals surface area contributed by atoms with Crippen molar-refractivity contribution in [3.8, 4) is 0 Å². The lowest BCUT2D eigenvalue weighted by Gasteiger charge is -2.17. The zero-order chi connectivity index (χ0) is 11.3. The van der Waals surface area contributed by atoms with E-state index in [0.717, 1.165) is 11.1 Å². The first-order valence-corrected chi connectivity index (χ1v) is 5.08. The highest BCUT2D eigenvalue weighted by atomic mass is 19.3. The number of benzene rings is 1. The Morgan fingerprint density at radius 1 is 1.33 bits per heavy atom. The van der Waals surface area contributed by atoms with E-state index in [2.05, 4.69) is 0 Å². The van der Waals surface area contributed by atoms with Gasteiger partial charge in [-0.25, -0.2) is 8.78 Å². The second-order valence-corrected chi connectivity index (χ2v) is 4.49. The van der Waals surface area contributed by atoms with Crippen LogP contribution in [-0.2, 0) is 5.41 Å². The van der Waals surface area contributed by atoms with Crippen molar-refractivity contribution in [2.75, 3.05) is 6.54 Å². The molecule has 1 aliphatic rings. The fourth-order valence-corrected chi connectivity index (χ4v) is 2.31. The molecule has 15 heavy (non-hydrogen) atoms. The topological polar surface area (TPSA) is 26.0 Å². The molecule has 0 aliphatic heterocycles. The van der Waals surface area contributed by atoms with Crippen molar-refractivity contribution in [1.82, 2.24) is 0 Å². The smallest absolute Gasteiger partial charge is 0.260 e. The Morgan fingerprint density at radius 2 is 1.93 bits per heavy atom. The number of rotatable bonds is 2. The van der Waals surface area contributed by atoms with Gasteiger partial charge in [-0.15, -0.1) is 0 Å². The molecule has 0 aromatic heterocycles. The molecule has 1 aliphatic carbocycles. The van der Waals surface area contributed by atoms with Crippen LogP contribution in [0.25, 0.3) is 0 Å². The lowest BCUT2D eigenvalue weighted by atomic mass is 9.90. The van der Waals surface area contributed by atoms with Gasteiger partial charge in [0.2, 0.25) is 0 Å². The number of alkyl halides is 2. The molecule has 0 spiro atoms. The number of hydrogen-bond donors (Lipinski definition) is 1. The third kappa shape index (κ3) is 1.37. The summed E-state index contributed by atoms with van der Waals surface area (Å²) >= 11 is 0. The number of hydrogen-bond acceptors (Lipinski definition) is 1. The van der Waals surface area contributed by atoms with E-state index in [9.17, 15) is 8.78 Å². The maximum Gasteiger partial charge on any atom is 0.260 e.